The first kappa shape index (κ1) is 58.0. The minimum atomic E-state index is -1.72. The van der Waals surface area contributed by atoms with Crippen LogP contribution in [-0.2, 0) is 64.0 Å². The fourth-order valence-corrected chi connectivity index (χ4v) is 8.44. The fourth-order valence-electron chi connectivity index (χ4n) is 8.44. The summed E-state index contributed by atoms with van der Waals surface area (Å²) in [4.78, 5) is 118. The summed E-state index contributed by atoms with van der Waals surface area (Å²) >= 11 is 0. The number of aliphatic carboxylic acids is 1. The Labute approximate surface area is 435 Å². The normalized spacial score (nSPS) is 16.0. The SMILES string of the molecule is CC(C)CC(NC(=O)C(CC(C)C)NC(=O)C(Cc1cnc[nH]1)NC(=O)C(Cc1ccccc1)NC(=O)C1CCCN1)C(=O)NC(Cc1ccc(O)cc1)C(=O)NC(Cc1ccc(O)cc1)C(=O)NC(CO)C(=O)O. The predicted octanol–water partition coefficient (Wildman–Crippen LogP) is 0.406. The van der Waals surface area contributed by atoms with Gasteiger partial charge in [-0.1, -0.05) is 82.3 Å². The molecule has 4 aromatic rings. The molecule has 13 N–H and O–H groups in total. The van der Waals surface area contributed by atoms with Gasteiger partial charge in [0, 0.05) is 37.6 Å². The number of aliphatic hydroxyl groups is 1. The minimum Gasteiger partial charge on any atom is -0.508 e. The van der Waals surface area contributed by atoms with Crippen molar-refractivity contribution in [1.29, 1.82) is 0 Å². The number of hydrogen-bond donors (Lipinski definition) is 13. The Bertz CT molecular complexity index is 2520. The number of carbonyl (C=O) groups excluding carboxylic acids is 7. The standard InChI is InChI=1S/C53H70N10O12/c1-30(2)21-39(58-52(73)44(26-35-27-54-29-56-35)62-50(71)41(23-32-9-6-5-7-10-32)59-46(67)38-11-8-20-55-38)47(68)57-40(22-31(3)4)48(69)60-42(24-33-12-16-36(65)17-13-33)49(70)61-43(25-34-14-18-37(66)19-15-34)51(72)63-45(28-64)53(74)75/h5-7,9-10,12-19,27,29-31,38-45,55,64-66H,8,11,20-26,28H2,1-4H3,(H,54,56)(H,57,68)(H,58,73)(H,59,67)(H,60,69)(H,61,70)(H,62,71)(H,63,72)(H,74,75). The lowest BCUT2D eigenvalue weighted by Gasteiger charge is -2.29. The van der Waals surface area contributed by atoms with E-state index in [1.165, 1.54) is 61.1 Å². The van der Waals surface area contributed by atoms with Crippen LogP contribution in [-0.4, -0.2) is 139 Å². The van der Waals surface area contributed by atoms with E-state index in [-0.39, 0.29) is 67.8 Å². The third-order valence-corrected chi connectivity index (χ3v) is 12.4. The number of phenolic OH excluding ortho intramolecular Hbond substituents is 2. The molecule has 22 heteroatoms. The number of aliphatic hydroxyl groups excluding tert-OH is 1. The highest BCUT2D eigenvalue weighted by Crippen LogP contribution is 2.16. The predicted molar refractivity (Wildman–Crippen MR) is 274 cm³/mol. The Kier molecular flexibility index (Phi) is 22.1. The maximum atomic E-state index is 14.5. The van der Waals surface area contributed by atoms with Gasteiger partial charge in [-0.15, -0.1) is 0 Å². The molecule has 22 nitrogen and oxygen atoms in total. The van der Waals surface area contributed by atoms with Gasteiger partial charge >= 0.3 is 5.97 Å². The molecule has 3 aromatic carbocycles. The Morgan fingerprint density at radius 1 is 0.547 bits per heavy atom. The van der Waals surface area contributed by atoms with Crippen LogP contribution in [0.15, 0.2) is 91.4 Å². The molecule has 0 radical (unpaired) electrons. The summed E-state index contributed by atoms with van der Waals surface area (Å²) in [6, 6.07) is 10.5. The molecular formula is C53H70N10O12. The maximum Gasteiger partial charge on any atom is 0.328 e. The van der Waals surface area contributed by atoms with Gasteiger partial charge in [0.2, 0.25) is 41.4 Å². The van der Waals surface area contributed by atoms with Crippen molar-refractivity contribution in [1.82, 2.24) is 52.5 Å². The van der Waals surface area contributed by atoms with E-state index in [4.69, 9.17) is 0 Å². The number of carbonyl (C=O) groups is 8. The number of nitrogens with one attached hydrogen (secondary N) is 9. The minimum absolute atomic E-state index is 0.0560. The van der Waals surface area contributed by atoms with Crippen LogP contribution in [0.5, 0.6) is 11.5 Å². The Balaban J connectivity index is 1.38. The van der Waals surface area contributed by atoms with E-state index in [2.05, 4.69) is 52.5 Å². The van der Waals surface area contributed by atoms with E-state index in [9.17, 15) is 58.8 Å². The highest BCUT2D eigenvalue weighted by molar-refractivity contribution is 5.98. The van der Waals surface area contributed by atoms with Crippen molar-refractivity contribution in [3.8, 4) is 11.5 Å². The number of carboxylic acids is 1. The summed E-state index contributed by atoms with van der Waals surface area (Å²) in [7, 11) is 0. The number of carboxylic acid groups (broad SMARTS) is 1. The smallest absolute Gasteiger partial charge is 0.328 e. The molecule has 404 valence electrons. The average Bonchev–Trinajstić information content (AvgIpc) is 4.11. The molecule has 7 amide bonds. The van der Waals surface area contributed by atoms with Crippen LogP contribution in [0.1, 0.15) is 75.8 Å². The topological polar surface area (TPSA) is 342 Å². The van der Waals surface area contributed by atoms with Crippen molar-refractivity contribution in [2.75, 3.05) is 13.2 Å². The van der Waals surface area contributed by atoms with E-state index in [0.29, 0.717) is 29.8 Å². The van der Waals surface area contributed by atoms with Crippen LogP contribution in [0.4, 0.5) is 0 Å². The third-order valence-electron chi connectivity index (χ3n) is 12.4. The van der Waals surface area contributed by atoms with Crippen LogP contribution in [0.25, 0.3) is 0 Å². The number of benzene rings is 3. The maximum absolute atomic E-state index is 14.5. The molecule has 0 bridgehead atoms. The summed E-state index contributed by atoms with van der Waals surface area (Å²) in [5.74, 6) is -7.22. The van der Waals surface area contributed by atoms with Gasteiger partial charge in [-0.3, -0.25) is 33.6 Å². The first-order valence-electron chi connectivity index (χ1n) is 25.0. The number of amides is 7. The van der Waals surface area contributed by atoms with Crippen LogP contribution < -0.4 is 42.5 Å². The number of aromatic amines is 1. The molecule has 1 fully saturated rings. The van der Waals surface area contributed by atoms with Crippen molar-refractivity contribution < 1.29 is 58.8 Å². The van der Waals surface area contributed by atoms with E-state index in [0.717, 1.165) is 12.0 Å². The molecule has 8 unspecified atom stereocenters. The number of aromatic nitrogens is 2. The zero-order valence-corrected chi connectivity index (χ0v) is 42.5. The summed E-state index contributed by atoms with van der Waals surface area (Å²) < 4.78 is 0. The monoisotopic (exact) mass is 1040 g/mol. The van der Waals surface area contributed by atoms with Gasteiger partial charge in [-0.2, -0.15) is 0 Å². The molecule has 0 spiro atoms. The number of phenols is 2. The number of nitrogens with zero attached hydrogens (tertiary/aromatic N) is 1. The fraction of sp³-hybridized carbons (Fsp3) is 0.453. The van der Waals surface area contributed by atoms with Gasteiger partial charge in [0.1, 0.15) is 53.8 Å². The molecule has 0 aliphatic carbocycles. The molecular weight excluding hydrogens is 969 g/mol. The van der Waals surface area contributed by atoms with Crippen molar-refractivity contribution in [2.45, 2.75) is 127 Å². The van der Waals surface area contributed by atoms with Crippen molar-refractivity contribution in [3.05, 3.63) is 114 Å². The molecule has 75 heavy (non-hydrogen) atoms. The van der Waals surface area contributed by atoms with Gasteiger partial charge in [0.25, 0.3) is 0 Å². The molecule has 1 aliphatic heterocycles. The molecule has 1 aliphatic rings. The lowest BCUT2D eigenvalue weighted by molar-refractivity contribution is -0.143. The lowest BCUT2D eigenvalue weighted by atomic mass is 9.98. The number of aromatic hydroxyl groups is 2. The van der Waals surface area contributed by atoms with Crippen molar-refractivity contribution in [2.24, 2.45) is 11.8 Å². The zero-order chi connectivity index (χ0) is 54.6. The number of H-pyrrole nitrogens is 1. The highest BCUT2D eigenvalue weighted by atomic mass is 16.4. The van der Waals surface area contributed by atoms with Gasteiger partial charge in [0.05, 0.1) is 19.0 Å². The van der Waals surface area contributed by atoms with Gasteiger partial charge < -0.3 is 67.9 Å². The second-order valence-electron chi connectivity index (χ2n) is 19.6. The second-order valence-corrected chi connectivity index (χ2v) is 19.6. The first-order chi connectivity index (χ1) is 35.8. The number of imidazole rings is 1. The van der Waals surface area contributed by atoms with E-state index >= 15 is 0 Å². The largest absolute Gasteiger partial charge is 0.508 e. The average molecular weight is 1040 g/mol. The van der Waals surface area contributed by atoms with Gasteiger partial charge in [-0.25, -0.2) is 9.78 Å². The van der Waals surface area contributed by atoms with Crippen LogP contribution in [0.3, 0.4) is 0 Å². The molecule has 0 saturated carbocycles. The Morgan fingerprint density at radius 2 is 0.947 bits per heavy atom. The zero-order valence-electron chi connectivity index (χ0n) is 42.5. The summed E-state index contributed by atoms with van der Waals surface area (Å²) in [5, 5.41) is 61.0. The summed E-state index contributed by atoms with van der Waals surface area (Å²) in [6.45, 7) is 6.98. The van der Waals surface area contributed by atoms with Crippen molar-refractivity contribution in [3.63, 3.8) is 0 Å². The van der Waals surface area contributed by atoms with E-state index in [1.807, 2.05) is 58.0 Å². The van der Waals surface area contributed by atoms with E-state index in [1.54, 1.807) is 0 Å². The lowest BCUT2D eigenvalue weighted by Crippen LogP contribution is -2.61. The first-order valence-corrected chi connectivity index (χ1v) is 25.0. The Morgan fingerprint density at radius 3 is 1.33 bits per heavy atom. The van der Waals surface area contributed by atoms with Gasteiger partial charge in [0.15, 0.2) is 0 Å². The van der Waals surface area contributed by atoms with Crippen LogP contribution in [0.2, 0.25) is 0 Å². The number of hydrogen-bond acceptors (Lipinski definition) is 13. The molecule has 5 rings (SSSR count). The quantitative estimate of drug-likeness (QED) is 0.0367. The van der Waals surface area contributed by atoms with Crippen LogP contribution >= 0.6 is 0 Å². The summed E-state index contributed by atoms with van der Waals surface area (Å²) in [5.41, 5.74) is 2.18. The molecule has 8 atom stereocenters. The van der Waals surface area contributed by atoms with E-state index < -0.39 is 96.4 Å². The van der Waals surface area contributed by atoms with Crippen LogP contribution in [0, 0.1) is 11.8 Å². The molecule has 1 aromatic heterocycles. The third kappa shape index (κ3) is 18.9. The molecule has 2 heterocycles. The molecule has 1 saturated heterocycles. The van der Waals surface area contributed by atoms with Crippen molar-refractivity contribution >= 4 is 47.3 Å². The highest BCUT2D eigenvalue weighted by Gasteiger charge is 2.36. The Hall–Kier alpha value is -7.85. The second kappa shape index (κ2) is 28.6. The van der Waals surface area contributed by atoms with Gasteiger partial charge in [-0.05, 0) is 85.0 Å². The summed E-state index contributed by atoms with van der Waals surface area (Å²) in [6.07, 6.45) is 4.08. The number of rotatable bonds is 28.